The molecule has 0 radical (unpaired) electrons. The van der Waals surface area contributed by atoms with Gasteiger partial charge in [-0.2, -0.15) is 5.26 Å². The quantitative estimate of drug-likeness (QED) is 0.723. The van der Waals surface area contributed by atoms with Crippen molar-refractivity contribution >= 4 is 22.7 Å². The van der Waals surface area contributed by atoms with Gasteiger partial charge in [0.1, 0.15) is 5.75 Å². The summed E-state index contributed by atoms with van der Waals surface area (Å²) in [5.41, 5.74) is 3.12. The first-order valence-corrected chi connectivity index (χ1v) is 7.57. The lowest BCUT2D eigenvalue weighted by Crippen LogP contribution is -1.83. The van der Waals surface area contributed by atoms with Crippen LogP contribution in [0.15, 0.2) is 53.4 Å². The maximum Gasteiger partial charge on any atom is 0.142 e. The Bertz CT molecular complexity index is 803. The standard InChI is InChI=1S/C17H14N2OS/c1-20-14-9-5-8-13-16(14)19-15(17(13)21-11-10-18)12-6-3-2-4-7-12/h2-9,19H,11H2,1H3. The molecule has 0 unspecified atom stereocenters. The SMILES string of the molecule is COc1cccc2c(SCC#N)c(-c3ccccc3)[nH]c12. The highest BCUT2D eigenvalue weighted by molar-refractivity contribution is 7.99. The molecule has 0 atom stereocenters. The van der Waals surface area contributed by atoms with E-state index in [-0.39, 0.29) is 0 Å². The third-order valence-corrected chi connectivity index (χ3v) is 4.30. The van der Waals surface area contributed by atoms with Crippen molar-refractivity contribution in [2.24, 2.45) is 0 Å². The van der Waals surface area contributed by atoms with Crippen molar-refractivity contribution in [2.45, 2.75) is 4.90 Å². The number of ether oxygens (including phenoxy) is 1. The van der Waals surface area contributed by atoms with Crippen LogP contribution in [0.3, 0.4) is 0 Å². The van der Waals surface area contributed by atoms with Crippen LogP contribution in [0.25, 0.3) is 22.2 Å². The number of nitrogens with zero attached hydrogens (tertiary/aromatic N) is 1. The summed E-state index contributed by atoms with van der Waals surface area (Å²) in [5.74, 6) is 1.23. The van der Waals surface area contributed by atoms with Crippen molar-refractivity contribution in [2.75, 3.05) is 12.9 Å². The summed E-state index contributed by atoms with van der Waals surface area (Å²) in [7, 11) is 1.67. The summed E-state index contributed by atoms with van der Waals surface area (Å²) < 4.78 is 5.43. The second kappa shape index (κ2) is 5.94. The molecule has 0 saturated carbocycles. The van der Waals surface area contributed by atoms with Crippen LogP contribution in [0.4, 0.5) is 0 Å². The molecular weight excluding hydrogens is 280 g/mol. The molecule has 4 heteroatoms. The zero-order valence-electron chi connectivity index (χ0n) is 11.6. The molecule has 0 amide bonds. The van der Waals surface area contributed by atoms with Gasteiger partial charge in [0.25, 0.3) is 0 Å². The van der Waals surface area contributed by atoms with Crippen molar-refractivity contribution in [3.63, 3.8) is 0 Å². The van der Waals surface area contributed by atoms with Crippen molar-refractivity contribution < 1.29 is 4.74 Å². The molecule has 0 aliphatic rings. The maximum atomic E-state index is 8.89. The predicted molar refractivity (Wildman–Crippen MR) is 86.6 cm³/mol. The zero-order valence-corrected chi connectivity index (χ0v) is 12.4. The number of hydrogen-bond acceptors (Lipinski definition) is 3. The number of methoxy groups -OCH3 is 1. The summed E-state index contributed by atoms with van der Waals surface area (Å²) in [6.07, 6.45) is 0. The Morgan fingerprint density at radius 2 is 1.95 bits per heavy atom. The van der Waals surface area contributed by atoms with Crippen molar-refractivity contribution in [1.82, 2.24) is 4.98 Å². The number of rotatable bonds is 4. The van der Waals surface area contributed by atoms with E-state index in [1.54, 1.807) is 18.9 Å². The Labute approximate surface area is 127 Å². The van der Waals surface area contributed by atoms with Crippen LogP contribution in [0.2, 0.25) is 0 Å². The van der Waals surface area contributed by atoms with Crippen LogP contribution in [0.5, 0.6) is 5.75 Å². The molecule has 3 aromatic rings. The molecule has 3 rings (SSSR count). The smallest absolute Gasteiger partial charge is 0.142 e. The van der Waals surface area contributed by atoms with Gasteiger partial charge in [0.05, 0.1) is 30.1 Å². The van der Waals surface area contributed by atoms with Crippen molar-refractivity contribution in [1.29, 1.82) is 5.26 Å². The Balaban J connectivity index is 2.25. The highest BCUT2D eigenvalue weighted by Gasteiger charge is 2.15. The summed E-state index contributed by atoms with van der Waals surface area (Å²) in [4.78, 5) is 4.55. The number of nitriles is 1. The van der Waals surface area contributed by atoms with Crippen LogP contribution in [-0.4, -0.2) is 17.8 Å². The number of H-pyrrole nitrogens is 1. The van der Waals surface area contributed by atoms with Crippen LogP contribution in [-0.2, 0) is 0 Å². The van der Waals surface area contributed by atoms with Gasteiger partial charge >= 0.3 is 0 Å². The first-order valence-electron chi connectivity index (χ1n) is 6.59. The van der Waals surface area contributed by atoms with Gasteiger partial charge in [-0.1, -0.05) is 42.5 Å². The van der Waals surface area contributed by atoms with E-state index in [0.717, 1.165) is 32.8 Å². The van der Waals surface area contributed by atoms with E-state index in [0.29, 0.717) is 5.75 Å². The number of thioether (sulfide) groups is 1. The lowest BCUT2D eigenvalue weighted by Gasteiger charge is -2.02. The highest BCUT2D eigenvalue weighted by Crippen LogP contribution is 2.40. The molecule has 2 aromatic carbocycles. The lowest BCUT2D eigenvalue weighted by molar-refractivity contribution is 0.419. The van der Waals surface area contributed by atoms with E-state index in [1.165, 1.54) is 0 Å². The number of hydrogen-bond donors (Lipinski definition) is 1. The fourth-order valence-corrected chi connectivity index (χ4v) is 3.25. The number of benzene rings is 2. The third-order valence-electron chi connectivity index (χ3n) is 3.31. The molecule has 1 heterocycles. The van der Waals surface area contributed by atoms with Gasteiger partial charge in [-0.25, -0.2) is 0 Å². The molecule has 0 bridgehead atoms. The van der Waals surface area contributed by atoms with Gasteiger partial charge in [-0.15, -0.1) is 11.8 Å². The van der Waals surface area contributed by atoms with E-state index in [9.17, 15) is 0 Å². The van der Waals surface area contributed by atoms with Gasteiger partial charge < -0.3 is 9.72 Å². The van der Waals surface area contributed by atoms with E-state index in [4.69, 9.17) is 10.00 Å². The topological polar surface area (TPSA) is 48.8 Å². The molecule has 3 nitrogen and oxygen atoms in total. The number of para-hydroxylation sites is 1. The van der Waals surface area contributed by atoms with E-state index >= 15 is 0 Å². The van der Waals surface area contributed by atoms with Crippen LogP contribution < -0.4 is 4.74 Å². The molecule has 1 aromatic heterocycles. The van der Waals surface area contributed by atoms with Crippen molar-refractivity contribution in [3.8, 4) is 23.1 Å². The summed E-state index contributed by atoms with van der Waals surface area (Å²) in [6, 6.07) is 18.3. The summed E-state index contributed by atoms with van der Waals surface area (Å²) in [5, 5.41) is 9.98. The molecule has 0 fully saturated rings. The minimum atomic E-state index is 0.421. The van der Waals surface area contributed by atoms with Crippen LogP contribution >= 0.6 is 11.8 Å². The highest BCUT2D eigenvalue weighted by atomic mass is 32.2. The van der Waals surface area contributed by atoms with Gasteiger partial charge in [0.2, 0.25) is 0 Å². The number of nitrogens with one attached hydrogen (secondary N) is 1. The molecule has 0 saturated heterocycles. The lowest BCUT2D eigenvalue weighted by atomic mass is 10.1. The van der Waals surface area contributed by atoms with Gasteiger partial charge in [0.15, 0.2) is 0 Å². The zero-order chi connectivity index (χ0) is 14.7. The van der Waals surface area contributed by atoms with Crippen LogP contribution in [0.1, 0.15) is 0 Å². The molecule has 0 spiro atoms. The third kappa shape index (κ3) is 2.48. The van der Waals surface area contributed by atoms with E-state index in [2.05, 4.69) is 29.3 Å². The Kier molecular flexibility index (Phi) is 3.85. The monoisotopic (exact) mass is 294 g/mol. The number of fused-ring (bicyclic) bond motifs is 1. The Morgan fingerprint density at radius 3 is 2.67 bits per heavy atom. The minimum Gasteiger partial charge on any atom is -0.495 e. The first-order chi connectivity index (χ1) is 10.3. The average molecular weight is 294 g/mol. The number of aromatic nitrogens is 1. The van der Waals surface area contributed by atoms with E-state index < -0.39 is 0 Å². The maximum absolute atomic E-state index is 8.89. The van der Waals surface area contributed by atoms with Gasteiger partial charge in [-0.05, 0) is 11.6 Å². The summed E-state index contributed by atoms with van der Waals surface area (Å²) in [6.45, 7) is 0. The minimum absolute atomic E-state index is 0.421. The fourth-order valence-electron chi connectivity index (χ4n) is 2.40. The average Bonchev–Trinajstić information content (AvgIpc) is 2.92. The molecule has 0 aliphatic heterocycles. The van der Waals surface area contributed by atoms with Crippen LogP contribution in [0, 0.1) is 11.3 Å². The van der Waals surface area contributed by atoms with Crippen molar-refractivity contribution in [3.05, 3.63) is 48.5 Å². The first kappa shape index (κ1) is 13.6. The van der Waals surface area contributed by atoms with Gasteiger partial charge in [-0.3, -0.25) is 0 Å². The second-order valence-corrected chi connectivity index (χ2v) is 5.51. The normalized spacial score (nSPS) is 10.5. The number of aromatic amines is 1. The van der Waals surface area contributed by atoms with Gasteiger partial charge in [0, 0.05) is 10.3 Å². The second-order valence-electron chi connectivity index (χ2n) is 4.52. The fraction of sp³-hybridized carbons (Fsp3) is 0.118. The predicted octanol–water partition coefficient (Wildman–Crippen LogP) is 4.46. The molecule has 104 valence electrons. The summed E-state index contributed by atoms with van der Waals surface area (Å²) >= 11 is 1.55. The Morgan fingerprint density at radius 1 is 1.14 bits per heavy atom. The molecule has 0 aliphatic carbocycles. The van der Waals surface area contributed by atoms with E-state index in [1.807, 2.05) is 30.3 Å². The molecule has 21 heavy (non-hydrogen) atoms. The molecular formula is C17H14N2OS. The largest absolute Gasteiger partial charge is 0.495 e. The Hall–Kier alpha value is -2.38. The molecule has 1 N–H and O–H groups in total.